The largest absolute Gasteiger partial charge is 0.309 e. The number of para-hydroxylation sites is 5. The summed E-state index contributed by atoms with van der Waals surface area (Å²) in [6, 6.07) is 77.4. The standard InChI is InChI=1S/C54H35N3/c1-5-19-36(20-6-1)49-50(37-21-7-2-8-22-37)53-52(54-51(49)43-28-14-17-31-46(43)56(54)39-25-11-4-12-26-39)44-29-15-18-32-47(44)57(53)40-33-34-42-41-27-13-16-30-45(41)55(48(42)35-40)38-23-9-3-10-24-38/h1-35H. The molecule has 0 atom stereocenters. The smallest absolute Gasteiger partial charge is 0.0648 e. The molecule has 12 rings (SSSR count). The average Bonchev–Trinajstić information content (AvgIpc) is 3.93. The number of hydrogen-bond donors (Lipinski definition) is 0. The third-order valence-electron chi connectivity index (χ3n) is 11.8. The highest BCUT2D eigenvalue weighted by atomic mass is 15.0. The summed E-state index contributed by atoms with van der Waals surface area (Å²) in [6.07, 6.45) is 0. The Morgan fingerprint density at radius 2 is 0.667 bits per heavy atom. The van der Waals surface area contributed by atoms with Crippen LogP contribution in [0.3, 0.4) is 0 Å². The Morgan fingerprint density at radius 3 is 1.26 bits per heavy atom. The van der Waals surface area contributed by atoms with Crippen molar-refractivity contribution >= 4 is 65.4 Å². The summed E-state index contributed by atoms with van der Waals surface area (Å²) in [7, 11) is 0. The topological polar surface area (TPSA) is 14.8 Å². The highest BCUT2D eigenvalue weighted by Crippen LogP contribution is 2.52. The Kier molecular flexibility index (Phi) is 6.93. The molecule has 0 aliphatic heterocycles. The molecule has 0 aliphatic carbocycles. The van der Waals surface area contributed by atoms with E-state index in [1.165, 1.54) is 87.7 Å². The molecule has 0 saturated carbocycles. The Hall–Kier alpha value is -7.62. The summed E-state index contributed by atoms with van der Waals surface area (Å²) in [5, 5.41) is 7.43. The molecule has 3 aromatic heterocycles. The monoisotopic (exact) mass is 725 g/mol. The van der Waals surface area contributed by atoms with Gasteiger partial charge in [0.15, 0.2) is 0 Å². The van der Waals surface area contributed by atoms with Gasteiger partial charge in [0.1, 0.15) is 0 Å². The molecule has 0 unspecified atom stereocenters. The molecular formula is C54H35N3. The fraction of sp³-hybridized carbons (Fsp3) is 0. The van der Waals surface area contributed by atoms with E-state index < -0.39 is 0 Å². The lowest BCUT2D eigenvalue weighted by atomic mass is 9.88. The maximum absolute atomic E-state index is 2.54. The van der Waals surface area contributed by atoms with Gasteiger partial charge in [0, 0.05) is 60.5 Å². The van der Waals surface area contributed by atoms with E-state index in [1.54, 1.807) is 0 Å². The van der Waals surface area contributed by atoms with E-state index in [0.29, 0.717) is 0 Å². The third kappa shape index (κ3) is 4.60. The third-order valence-corrected chi connectivity index (χ3v) is 11.8. The highest BCUT2D eigenvalue weighted by Gasteiger charge is 2.29. The van der Waals surface area contributed by atoms with Gasteiger partial charge in [-0.1, -0.05) is 158 Å². The van der Waals surface area contributed by atoms with Crippen LogP contribution in [0.1, 0.15) is 0 Å². The molecule has 3 heteroatoms. The van der Waals surface area contributed by atoms with Crippen molar-refractivity contribution in [2.75, 3.05) is 0 Å². The van der Waals surface area contributed by atoms with Crippen molar-refractivity contribution in [1.29, 1.82) is 0 Å². The summed E-state index contributed by atoms with van der Waals surface area (Å²) in [5.41, 5.74) is 15.4. The van der Waals surface area contributed by atoms with Crippen molar-refractivity contribution in [2.45, 2.75) is 0 Å². The van der Waals surface area contributed by atoms with Crippen molar-refractivity contribution in [3.05, 3.63) is 212 Å². The molecule has 0 aliphatic rings. The zero-order valence-electron chi connectivity index (χ0n) is 31.0. The predicted molar refractivity (Wildman–Crippen MR) is 240 cm³/mol. The molecule has 9 aromatic carbocycles. The second-order valence-corrected chi connectivity index (χ2v) is 14.9. The lowest BCUT2D eigenvalue weighted by Gasteiger charge is -2.19. The van der Waals surface area contributed by atoms with Crippen LogP contribution in [0.5, 0.6) is 0 Å². The van der Waals surface area contributed by atoms with E-state index in [4.69, 9.17) is 0 Å². The Morgan fingerprint density at radius 1 is 0.246 bits per heavy atom. The van der Waals surface area contributed by atoms with Crippen molar-refractivity contribution in [2.24, 2.45) is 0 Å². The minimum absolute atomic E-state index is 1.12. The van der Waals surface area contributed by atoms with Gasteiger partial charge in [0.25, 0.3) is 0 Å². The lowest BCUT2D eigenvalue weighted by molar-refractivity contribution is 1.15. The molecule has 3 nitrogen and oxygen atoms in total. The van der Waals surface area contributed by atoms with Crippen molar-refractivity contribution in [1.82, 2.24) is 13.7 Å². The first kappa shape index (κ1) is 31.7. The average molecular weight is 726 g/mol. The second-order valence-electron chi connectivity index (χ2n) is 14.9. The predicted octanol–water partition coefficient (Wildman–Crippen LogP) is 14.3. The molecule has 12 aromatic rings. The second kappa shape index (κ2) is 12.5. The summed E-state index contributed by atoms with van der Waals surface area (Å²) in [5.74, 6) is 0. The maximum atomic E-state index is 2.54. The quantitative estimate of drug-likeness (QED) is 0.168. The SMILES string of the molecule is c1ccc(-c2c(-c3ccccc3)c3c(c4ccccc4n3-c3ccc4c5ccccc5n(-c5ccccc5)c4c3)c3c2c2ccccc2n3-c2ccccc2)cc1. The molecule has 57 heavy (non-hydrogen) atoms. The molecule has 0 spiro atoms. The molecule has 3 heterocycles. The number of rotatable bonds is 5. The molecular weight excluding hydrogens is 691 g/mol. The number of hydrogen-bond acceptors (Lipinski definition) is 0. The normalized spacial score (nSPS) is 11.9. The van der Waals surface area contributed by atoms with E-state index >= 15 is 0 Å². The van der Waals surface area contributed by atoms with Gasteiger partial charge < -0.3 is 13.7 Å². The van der Waals surface area contributed by atoms with Crippen LogP contribution in [0.15, 0.2) is 212 Å². The van der Waals surface area contributed by atoms with E-state index in [9.17, 15) is 0 Å². The highest BCUT2D eigenvalue weighted by molar-refractivity contribution is 6.34. The van der Waals surface area contributed by atoms with Crippen LogP contribution in [0.25, 0.3) is 105 Å². The number of aromatic nitrogens is 3. The minimum Gasteiger partial charge on any atom is -0.309 e. The van der Waals surface area contributed by atoms with Gasteiger partial charge in [-0.05, 0) is 65.7 Å². The first-order chi connectivity index (χ1) is 28.3. The van der Waals surface area contributed by atoms with Gasteiger partial charge in [-0.15, -0.1) is 0 Å². The van der Waals surface area contributed by atoms with Crippen molar-refractivity contribution in [3.8, 4) is 39.3 Å². The van der Waals surface area contributed by atoms with Crippen LogP contribution in [0.4, 0.5) is 0 Å². The molecule has 0 saturated heterocycles. The van der Waals surface area contributed by atoms with Gasteiger partial charge >= 0.3 is 0 Å². The van der Waals surface area contributed by atoms with Crippen LogP contribution in [0, 0.1) is 0 Å². The Balaban J connectivity index is 1.35. The van der Waals surface area contributed by atoms with Crippen LogP contribution < -0.4 is 0 Å². The van der Waals surface area contributed by atoms with E-state index in [1.807, 2.05) is 0 Å². The van der Waals surface area contributed by atoms with Crippen LogP contribution in [-0.4, -0.2) is 13.7 Å². The first-order valence-electron chi connectivity index (χ1n) is 19.6. The van der Waals surface area contributed by atoms with Gasteiger partial charge in [0.05, 0.1) is 33.1 Å². The molecule has 0 N–H and O–H groups in total. The molecule has 0 radical (unpaired) electrons. The Bertz CT molecular complexity index is 3480. The minimum atomic E-state index is 1.12. The maximum Gasteiger partial charge on any atom is 0.0648 e. The van der Waals surface area contributed by atoms with Crippen molar-refractivity contribution in [3.63, 3.8) is 0 Å². The molecule has 0 bridgehead atoms. The van der Waals surface area contributed by atoms with Crippen LogP contribution in [-0.2, 0) is 0 Å². The van der Waals surface area contributed by atoms with Crippen LogP contribution >= 0.6 is 0 Å². The number of fused-ring (bicyclic) bond motifs is 10. The van der Waals surface area contributed by atoms with Gasteiger partial charge in [-0.25, -0.2) is 0 Å². The van der Waals surface area contributed by atoms with E-state index in [2.05, 4.69) is 226 Å². The lowest BCUT2D eigenvalue weighted by Crippen LogP contribution is -2.00. The fourth-order valence-corrected chi connectivity index (χ4v) is 9.54. The molecule has 266 valence electrons. The first-order valence-corrected chi connectivity index (χ1v) is 19.6. The van der Waals surface area contributed by atoms with Gasteiger partial charge in [0.2, 0.25) is 0 Å². The van der Waals surface area contributed by atoms with Gasteiger partial charge in [-0.2, -0.15) is 0 Å². The zero-order valence-corrected chi connectivity index (χ0v) is 31.0. The number of nitrogens with zero attached hydrogens (tertiary/aromatic N) is 3. The van der Waals surface area contributed by atoms with E-state index in [-0.39, 0.29) is 0 Å². The van der Waals surface area contributed by atoms with E-state index in [0.717, 1.165) is 17.1 Å². The molecule has 0 amide bonds. The summed E-state index contributed by atoms with van der Waals surface area (Å²) < 4.78 is 7.46. The summed E-state index contributed by atoms with van der Waals surface area (Å²) >= 11 is 0. The summed E-state index contributed by atoms with van der Waals surface area (Å²) in [6.45, 7) is 0. The summed E-state index contributed by atoms with van der Waals surface area (Å²) in [4.78, 5) is 0. The van der Waals surface area contributed by atoms with Crippen molar-refractivity contribution < 1.29 is 0 Å². The molecule has 0 fully saturated rings. The number of benzene rings is 9. The fourth-order valence-electron chi connectivity index (χ4n) is 9.54. The van der Waals surface area contributed by atoms with Crippen LogP contribution in [0.2, 0.25) is 0 Å². The Labute approximate surface area is 329 Å². The van der Waals surface area contributed by atoms with Gasteiger partial charge in [-0.3, -0.25) is 0 Å². The zero-order chi connectivity index (χ0) is 37.5.